The van der Waals surface area contributed by atoms with E-state index in [-0.39, 0.29) is 10.3 Å². The van der Waals surface area contributed by atoms with Gasteiger partial charge in [-0.3, -0.25) is 4.57 Å². The predicted octanol–water partition coefficient (Wildman–Crippen LogP) is 5.08. The van der Waals surface area contributed by atoms with Crippen molar-refractivity contribution in [1.29, 1.82) is 0 Å². The van der Waals surface area contributed by atoms with Crippen molar-refractivity contribution in [3.8, 4) is 0 Å². The maximum absolute atomic E-state index is 12.4. The summed E-state index contributed by atoms with van der Waals surface area (Å²) in [5, 5.41) is 0.285. The molecule has 0 aromatic rings. The summed E-state index contributed by atoms with van der Waals surface area (Å²) in [4.78, 5) is 0. The first-order valence-corrected chi connectivity index (χ1v) is 7.83. The Balaban J connectivity index is 4.51. The first kappa shape index (κ1) is 16.9. The summed E-state index contributed by atoms with van der Waals surface area (Å²) in [5.41, 5.74) is 0. The highest BCUT2D eigenvalue weighted by Gasteiger charge is 2.29. The Hall–Kier alpha value is -0.0800. The zero-order chi connectivity index (χ0) is 13.3. The number of hydrogen-bond acceptors (Lipinski definition) is 3. The van der Waals surface area contributed by atoms with E-state index in [1.54, 1.807) is 0 Å². The molecule has 0 spiro atoms. The van der Waals surface area contributed by atoms with E-state index >= 15 is 0 Å². The van der Waals surface area contributed by atoms with E-state index < -0.39 is 7.60 Å². The molecule has 0 atom stereocenters. The fraction of sp³-hybridized carbons (Fsp3) is 0.667. The molecule has 0 rings (SSSR count). The van der Waals surface area contributed by atoms with Gasteiger partial charge in [0.05, 0.1) is 18.5 Å². The van der Waals surface area contributed by atoms with Crippen molar-refractivity contribution in [2.75, 3.05) is 13.2 Å². The standard InChI is InChI=1S/C12H22ClO3P/c1-5-7-9-15-17(14,12(4)11(3)13)16-10-8-6-2/h3-10H2,1-2H3. The molecule has 0 unspecified atom stereocenters. The van der Waals surface area contributed by atoms with Gasteiger partial charge in [-0.05, 0) is 12.8 Å². The predicted molar refractivity (Wildman–Crippen MR) is 73.5 cm³/mol. The molecule has 0 amide bonds. The Morgan fingerprint density at radius 3 is 1.82 bits per heavy atom. The minimum atomic E-state index is -3.35. The van der Waals surface area contributed by atoms with Crippen LogP contribution in [0.4, 0.5) is 0 Å². The van der Waals surface area contributed by atoms with Crippen molar-refractivity contribution in [2.24, 2.45) is 0 Å². The Morgan fingerprint density at radius 2 is 1.53 bits per heavy atom. The molecule has 17 heavy (non-hydrogen) atoms. The molecule has 0 aliphatic heterocycles. The van der Waals surface area contributed by atoms with Crippen LogP contribution in [0.3, 0.4) is 0 Å². The lowest BCUT2D eigenvalue weighted by Crippen LogP contribution is -2.01. The smallest absolute Gasteiger partial charge is 0.305 e. The maximum atomic E-state index is 12.4. The molecule has 0 N–H and O–H groups in total. The summed E-state index contributed by atoms with van der Waals surface area (Å²) in [6, 6.07) is 0. The van der Waals surface area contributed by atoms with Crippen molar-refractivity contribution < 1.29 is 13.6 Å². The third-order valence-electron chi connectivity index (χ3n) is 2.16. The van der Waals surface area contributed by atoms with Crippen LogP contribution in [0.2, 0.25) is 0 Å². The molecule has 0 bridgehead atoms. The quantitative estimate of drug-likeness (QED) is 0.318. The monoisotopic (exact) mass is 280 g/mol. The number of allylic oxidation sites excluding steroid dienone is 2. The molecule has 0 fully saturated rings. The van der Waals surface area contributed by atoms with Gasteiger partial charge in [-0.2, -0.15) is 0 Å². The number of hydrogen-bond donors (Lipinski definition) is 0. The van der Waals surface area contributed by atoms with Crippen LogP contribution in [0, 0.1) is 0 Å². The highest BCUT2D eigenvalue weighted by Crippen LogP contribution is 2.58. The molecule has 0 aromatic carbocycles. The number of halogens is 1. The molecule has 5 heteroatoms. The minimum absolute atomic E-state index is 0.126. The maximum Gasteiger partial charge on any atom is 0.362 e. The van der Waals surface area contributed by atoms with Gasteiger partial charge in [-0.15, -0.1) is 0 Å². The molecule has 0 aliphatic carbocycles. The first-order valence-electron chi connectivity index (χ1n) is 5.91. The van der Waals surface area contributed by atoms with Gasteiger partial charge in [0.25, 0.3) is 0 Å². The van der Waals surface area contributed by atoms with Gasteiger partial charge >= 0.3 is 7.60 Å². The van der Waals surface area contributed by atoms with Crippen LogP contribution in [0.5, 0.6) is 0 Å². The van der Waals surface area contributed by atoms with Crippen molar-refractivity contribution in [1.82, 2.24) is 0 Å². The van der Waals surface area contributed by atoms with E-state index in [0.717, 1.165) is 25.7 Å². The Labute approximate surface area is 109 Å². The third-order valence-corrected chi connectivity index (χ3v) is 4.50. The van der Waals surface area contributed by atoms with Gasteiger partial charge in [0.1, 0.15) is 0 Å². The summed E-state index contributed by atoms with van der Waals surface area (Å²) in [5.74, 6) is 0. The van der Waals surface area contributed by atoms with Crippen LogP contribution in [0.15, 0.2) is 23.5 Å². The van der Waals surface area contributed by atoms with Crippen LogP contribution >= 0.6 is 19.2 Å². The molecule has 3 nitrogen and oxygen atoms in total. The van der Waals surface area contributed by atoms with Crippen molar-refractivity contribution >= 4 is 19.2 Å². The van der Waals surface area contributed by atoms with Gasteiger partial charge in [0.15, 0.2) is 0 Å². The van der Waals surface area contributed by atoms with Crippen LogP contribution in [0.1, 0.15) is 39.5 Å². The zero-order valence-corrected chi connectivity index (χ0v) is 12.4. The highest BCUT2D eigenvalue weighted by atomic mass is 35.5. The van der Waals surface area contributed by atoms with Crippen LogP contribution < -0.4 is 0 Å². The van der Waals surface area contributed by atoms with Gasteiger partial charge in [0.2, 0.25) is 0 Å². The molecule has 0 aromatic heterocycles. The number of unbranched alkanes of at least 4 members (excludes halogenated alkanes) is 2. The molecular formula is C12H22ClO3P. The van der Waals surface area contributed by atoms with Crippen molar-refractivity contribution in [3.63, 3.8) is 0 Å². The van der Waals surface area contributed by atoms with E-state index in [0.29, 0.717) is 13.2 Å². The van der Waals surface area contributed by atoms with E-state index in [9.17, 15) is 4.57 Å². The molecule has 0 heterocycles. The Kier molecular flexibility index (Phi) is 8.89. The van der Waals surface area contributed by atoms with Crippen molar-refractivity contribution in [2.45, 2.75) is 39.5 Å². The third kappa shape index (κ3) is 6.42. The van der Waals surface area contributed by atoms with Crippen molar-refractivity contribution in [3.05, 3.63) is 23.5 Å². The zero-order valence-electron chi connectivity index (χ0n) is 10.7. The average Bonchev–Trinajstić information content (AvgIpc) is 2.28. The Morgan fingerprint density at radius 1 is 1.12 bits per heavy atom. The topological polar surface area (TPSA) is 35.5 Å². The second-order valence-electron chi connectivity index (χ2n) is 3.72. The number of rotatable bonds is 10. The lowest BCUT2D eigenvalue weighted by atomic mass is 10.4. The van der Waals surface area contributed by atoms with E-state index in [1.807, 2.05) is 13.8 Å². The molecule has 0 radical (unpaired) electrons. The molecule has 0 saturated heterocycles. The van der Waals surface area contributed by atoms with Gasteiger partial charge in [-0.1, -0.05) is 51.4 Å². The highest BCUT2D eigenvalue weighted by molar-refractivity contribution is 7.59. The fourth-order valence-corrected chi connectivity index (χ4v) is 2.73. The summed E-state index contributed by atoms with van der Waals surface area (Å²) >= 11 is 5.71. The van der Waals surface area contributed by atoms with Gasteiger partial charge in [0, 0.05) is 5.03 Å². The van der Waals surface area contributed by atoms with Crippen LogP contribution in [-0.4, -0.2) is 13.2 Å². The molecular weight excluding hydrogens is 259 g/mol. The minimum Gasteiger partial charge on any atom is -0.305 e. The lowest BCUT2D eigenvalue weighted by Gasteiger charge is -2.19. The normalized spacial score (nSPS) is 11.5. The molecule has 0 saturated carbocycles. The van der Waals surface area contributed by atoms with E-state index in [4.69, 9.17) is 20.6 Å². The summed E-state index contributed by atoms with van der Waals surface area (Å²) in [6.07, 6.45) is 3.57. The SMILES string of the molecule is C=C(Cl)C(=C)P(=O)(OCCCC)OCCCC. The summed E-state index contributed by atoms with van der Waals surface area (Å²) in [7, 11) is -3.35. The van der Waals surface area contributed by atoms with Crippen LogP contribution in [-0.2, 0) is 13.6 Å². The van der Waals surface area contributed by atoms with Gasteiger partial charge in [-0.25, -0.2) is 0 Å². The largest absolute Gasteiger partial charge is 0.362 e. The summed E-state index contributed by atoms with van der Waals surface area (Å²) < 4.78 is 23.1. The van der Waals surface area contributed by atoms with E-state index in [2.05, 4.69) is 13.2 Å². The second-order valence-corrected chi connectivity index (χ2v) is 6.23. The average molecular weight is 281 g/mol. The van der Waals surface area contributed by atoms with Gasteiger partial charge < -0.3 is 9.05 Å². The Bertz CT molecular complexity index is 288. The molecule has 0 aliphatic rings. The van der Waals surface area contributed by atoms with Crippen LogP contribution in [0.25, 0.3) is 0 Å². The lowest BCUT2D eigenvalue weighted by molar-refractivity contribution is 0.206. The molecule has 100 valence electrons. The van der Waals surface area contributed by atoms with E-state index in [1.165, 1.54) is 0 Å². The fourth-order valence-electron chi connectivity index (χ4n) is 1.000. The summed E-state index contributed by atoms with van der Waals surface area (Å²) in [6.45, 7) is 12.0. The first-order chi connectivity index (χ1) is 7.98. The second kappa shape index (κ2) is 8.93.